The van der Waals surface area contributed by atoms with Crippen LogP contribution in [-0.4, -0.2) is 0 Å². The molecule has 0 heterocycles. The molecule has 0 unspecified atom stereocenters. The smallest absolute Gasteiger partial charge is 0.166 e. The molecule has 0 bridgehead atoms. The molecule has 2 atom stereocenters. The van der Waals surface area contributed by atoms with Crippen LogP contribution in [0.4, 0.5) is 13.2 Å². The van der Waals surface area contributed by atoms with Gasteiger partial charge in [-0.2, -0.15) is 13.2 Å². The summed E-state index contributed by atoms with van der Waals surface area (Å²) in [6.07, 6.45) is -3.23. The molecule has 1 aliphatic rings. The van der Waals surface area contributed by atoms with Crippen molar-refractivity contribution in [3.05, 3.63) is 71.3 Å². The van der Waals surface area contributed by atoms with E-state index >= 15 is 0 Å². The second kappa shape index (κ2) is 4.41. The van der Waals surface area contributed by atoms with Crippen molar-refractivity contribution >= 4 is 0 Å². The molecule has 98 valence electrons. The lowest BCUT2D eigenvalue weighted by atomic mass is 10.0. The van der Waals surface area contributed by atoms with Gasteiger partial charge in [0.2, 0.25) is 0 Å². The molecule has 0 aliphatic heterocycles. The summed E-state index contributed by atoms with van der Waals surface area (Å²) < 4.78 is 37.4. The topological polar surface area (TPSA) is 0 Å². The van der Waals surface area contributed by atoms with Crippen molar-refractivity contribution < 1.29 is 13.2 Å². The molecule has 0 amide bonds. The van der Waals surface area contributed by atoms with Crippen molar-refractivity contribution in [2.75, 3.05) is 0 Å². The Hall–Kier alpha value is -1.77. The third-order valence-electron chi connectivity index (χ3n) is 3.68. The van der Waals surface area contributed by atoms with Crippen LogP contribution in [0.25, 0.3) is 0 Å². The first-order valence-corrected chi connectivity index (χ1v) is 6.28. The van der Waals surface area contributed by atoms with Crippen molar-refractivity contribution in [3.8, 4) is 0 Å². The number of hydrogen-bond donors (Lipinski definition) is 0. The molecular formula is C16H13F3. The fraction of sp³-hybridized carbons (Fsp3) is 0.250. The molecule has 1 saturated carbocycles. The van der Waals surface area contributed by atoms with Gasteiger partial charge in [-0.25, -0.2) is 0 Å². The molecule has 0 spiro atoms. The Labute approximate surface area is 109 Å². The van der Waals surface area contributed by atoms with Crippen molar-refractivity contribution in [1.82, 2.24) is 0 Å². The van der Waals surface area contributed by atoms with E-state index in [1.165, 1.54) is 17.7 Å². The number of rotatable bonds is 2. The van der Waals surface area contributed by atoms with E-state index in [0.717, 1.165) is 12.0 Å². The normalized spacial score (nSPS) is 22.3. The molecule has 0 radical (unpaired) electrons. The highest BCUT2D eigenvalue weighted by molar-refractivity contribution is 5.37. The standard InChI is InChI=1S/C16H13F3/c17-16(18,19)13-8-6-12(7-9-13)15-10-14(15)11-4-2-1-3-5-11/h1-9,14-15H,10H2/t14-,15+/m1/s1. The van der Waals surface area contributed by atoms with Crippen molar-refractivity contribution in [3.63, 3.8) is 0 Å². The number of benzene rings is 2. The Balaban J connectivity index is 1.76. The summed E-state index contributed by atoms with van der Waals surface area (Å²) in [5, 5.41) is 0. The summed E-state index contributed by atoms with van der Waals surface area (Å²) >= 11 is 0. The monoisotopic (exact) mass is 262 g/mol. The van der Waals surface area contributed by atoms with E-state index in [1.807, 2.05) is 18.2 Å². The zero-order chi connectivity index (χ0) is 13.5. The third-order valence-corrected chi connectivity index (χ3v) is 3.68. The van der Waals surface area contributed by atoms with Crippen molar-refractivity contribution in [1.29, 1.82) is 0 Å². The van der Waals surface area contributed by atoms with Gasteiger partial charge in [-0.1, -0.05) is 42.5 Å². The van der Waals surface area contributed by atoms with Crippen molar-refractivity contribution in [2.24, 2.45) is 0 Å². The molecule has 0 N–H and O–H groups in total. The number of hydrogen-bond acceptors (Lipinski definition) is 0. The first-order valence-electron chi connectivity index (χ1n) is 6.28. The molecule has 3 rings (SSSR count). The minimum absolute atomic E-state index is 0.365. The zero-order valence-corrected chi connectivity index (χ0v) is 10.2. The van der Waals surface area contributed by atoms with Crippen LogP contribution in [-0.2, 0) is 6.18 Å². The van der Waals surface area contributed by atoms with Gasteiger partial charge in [0.15, 0.2) is 0 Å². The van der Waals surface area contributed by atoms with Crippen LogP contribution in [0, 0.1) is 0 Å². The van der Waals surface area contributed by atoms with Gasteiger partial charge in [-0.3, -0.25) is 0 Å². The molecule has 0 aromatic heterocycles. The Morgan fingerprint density at radius 3 is 1.79 bits per heavy atom. The maximum Gasteiger partial charge on any atom is 0.416 e. The molecule has 1 aliphatic carbocycles. The first kappa shape index (κ1) is 12.3. The van der Waals surface area contributed by atoms with Crippen LogP contribution in [0.5, 0.6) is 0 Å². The van der Waals surface area contributed by atoms with Gasteiger partial charge in [0.05, 0.1) is 5.56 Å². The van der Waals surface area contributed by atoms with E-state index in [4.69, 9.17) is 0 Å². The van der Waals surface area contributed by atoms with Gasteiger partial charge in [-0.15, -0.1) is 0 Å². The second-order valence-corrected chi connectivity index (χ2v) is 4.98. The molecule has 3 heteroatoms. The summed E-state index contributed by atoms with van der Waals surface area (Å²) in [5.74, 6) is 0.822. The molecule has 2 aromatic carbocycles. The quantitative estimate of drug-likeness (QED) is 0.716. The molecular weight excluding hydrogens is 249 g/mol. The van der Waals surface area contributed by atoms with E-state index in [2.05, 4.69) is 12.1 Å². The van der Waals surface area contributed by atoms with Crippen LogP contribution in [0.1, 0.15) is 34.9 Å². The maximum atomic E-state index is 12.5. The molecule has 2 aromatic rings. The summed E-state index contributed by atoms with van der Waals surface area (Å²) in [7, 11) is 0. The van der Waals surface area contributed by atoms with Crippen LogP contribution in [0.2, 0.25) is 0 Å². The summed E-state index contributed by atoms with van der Waals surface area (Å²) in [4.78, 5) is 0. The van der Waals surface area contributed by atoms with Gasteiger partial charge in [0.25, 0.3) is 0 Å². The Morgan fingerprint density at radius 1 is 0.737 bits per heavy atom. The van der Waals surface area contributed by atoms with Crippen molar-refractivity contribution in [2.45, 2.75) is 24.4 Å². The van der Waals surface area contributed by atoms with Gasteiger partial charge >= 0.3 is 6.18 Å². The minimum atomic E-state index is -4.25. The summed E-state index contributed by atoms with van der Waals surface area (Å²) in [5.41, 5.74) is 1.70. The lowest BCUT2D eigenvalue weighted by Crippen LogP contribution is -2.04. The molecule has 0 saturated heterocycles. The van der Waals surface area contributed by atoms with Crippen LogP contribution < -0.4 is 0 Å². The first-order chi connectivity index (χ1) is 9.05. The van der Waals surface area contributed by atoms with E-state index in [-0.39, 0.29) is 0 Å². The van der Waals surface area contributed by atoms with E-state index < -0.39 is 11.7 Å². The predicted octanol–water partition coefficient (Wildman–Crippen LogP) is 4.98. The second-order valence-electron chi connectivity index (χ2n) is 4.98. The SMILES string of the molecule is FC(F)(F)c1ccc([C@@H]2C[C@@H]2c2ccccc2)cc1. The van der Waals surface area contributed by atoms with Gasteiger partial charge in [-0.05, 0) is 41.5 Å². The fourth-order valence-electron chi connectivity index (χ4n) is 2.55. The molecule has 19 heavy (non-hydrogen) atoms. The minimum Gasteiger partial charge on any atom is -0.166 e. The van der Waals surface area contributed by atoms with Crippen LogP contribution in [0.3, 0.4) is 0 Å². The lowest BCUT2D eigenvalue weighted by Gasteiger charge is -2.07. The van der Waals surface area contributed by atoms with Gasteiger partial charge < -0.3 is 0 Å². The number of halogens is 3. The van der Waals surface area contributed by atoms with Gasteiger partial charge in [0, 0.05) is 0 Å². The van der Waals surface area contributed by atoms with Crippen LogP contribution in [0.15, 0.2) is 54.6 Å². The maximum absolute atomic E-state index is 12.5. The summed E-state index contributed by atoms with van der Waals surface area (Å²) in [6.45, 7) is 0. The Bertz CT molecular complexity index is 555. The van der Waals surface area contributed by atoms with E-state index in [0.29, 0.717) is 11.8 Å². The average Bonchev–Trinajstić information content (AvgIpc) is 3.19. The Morgan fingerprint density at radius 2 is 1.26 bits per heavy atom. The largest absolute Gasteiger partial charge is 0.416 e. The zero-order valence-electron chi connectivity index (χ0n) is 10.2. The van der Waals surface area contributed by atoms with E-state index in [1.54, 1.807) is 12.1 Å². The van der Waals surface area contributed by atoms with E-state index in [9.17, 15) is 13.2 Å². The molecule has 1 fully saturated rings. The summed E-state index contributed by atoms with van der Waals surface area (Å²) in [6, 6.07) is 15.7. The fourth-order valence-corrected chi connectivity index (χ4v) is 2.55. The highest BCUT2D eigenvalue weighted by atomic mass is 19.4. The average molecular weight is 262 g/mol. The molecule has 0 nitrogen and oxygen atoms in total. The lowest BCUT2D eigenvalue weighted by molar-refractivity contribution is -0.137. The van der Waals surface area contributed by atoms with Crippen LogP contribution >= 0.6 is 0 Å². The third kappa shape index (κ3) is 2.50. The van der Waals surface area contributed by atoms with Gasteiger partial charge in [0.1, 0.15) is 0 Å². The predicted molar refractivity (Wildman–Crippen MR) is 68.0 cm³/mol. The Kier molecular flexibility index (Phi) is 2.85. The number of alkyl halides is 3. The highest BCUT2D eigenvalue weighted by Gasteiger charge is 2.39. The highest BCUT2D eigenvalue weighted by Crippen LogP contribution is 2.54.